The van der Waals surface area contributed by atoms with Gasteiger partial charge >= 0.3 is 5.97 Å². The number of nitrogens with one attached hydrogen (secondary N) is 2. The van der Waals surface area contributed by atoms with Gasteiger partial charge in [0.25, 0.3) is 21.9 Å². The maximum absolute atomic E-state index is 12.8. The average Bonchev–Trinajstić information content (AvgIpc) is 3.25. The Hall–Kier alpha value is -2.92. The number of aliphatic carboxylic acids is 1. The summed E-state index contributed by atoms with van der Waals surface area (Å²) in [5, 5.41) is 28.2. The molecule has 1 unspecified atom stereocenters. The van der Waals surface area contributed by atoms with E-state index in [0.717, 1.165) is 16.7 Å². The summed E-state index contributed by atoms with van der Waals surface area (Å²) in [6, 6.07) is 7.22. The lowest BCUT2D eigenvalue weighted by atomic mass is 10.0. The second kappa shape index (κ2) is 9.98. The van der Waals surface area contributed by atoms with E-state index in [-0.39, 0.29) is 28.2 Å². The van der Waals surface area contributed by atoms with Gasteiger partial charge in [-0.2, -0.15) is 8.42 Å². The second-order valence-electron chi connectivity index (χ2n) is 7.55. The Labute approximate surface area is 207 Å². The number of aromatic nitrogens is 3. The molecule has 1 aromatic carbocycles. The average molecular weight is 542 g/mol. The fourth-order valence-electron chi connectivity index (χ4n) is 3.54. The van der Waals surface area contributed by atoms with Crippen molar-refractivity contribution in [2.45, 2.75) is 28.4 Å². The Morgan fingerprint density at radius 2 is 2.03 bits per heavy atom. The Morgan fingerprint density at radius 3 is 2.69 bits per heavy atom. The van der Waals surface area contributed by atoms with Crippen molar-refractivity contribution >= 4 is 51.4 Å². The molecule has 0 bridgehead atoms. The maximum Gasteiger partial charge on any atom is 0.352 e. The number of carbonyl (C=O) groups is 3. The number of benzene rings is 1. The van der Waals surface area contributed by atoms with Crippen LogP contribution in [0.2, 0.25) is 0 Å². The summed E-state index contributed by atoms with van der Waals surface area (Å²) in [6.07, 6.45) is -1.47. The van der Waals surface area contributed by atoms with Gasteiger partial charge in [0, 0.05) is 11.5 Å². The first-order valence-electron chi connectivity index (χ1n) is 9.98. The highest BCUT2D eigenvalue weighted by Crippen LogP contribution is 2.41. The smallest absolute Gasteiger partial charge is 0.352 e. The minimum atomic E-state index is -4.29. The van der Waals surface area contributed by atoms with Crippen LogP contribution in [0.4, 0.5) is 0 Å². The van der Waals surface area contributed by atoms with Crippen LogP contribution in [0.1, 0.15) is 17.5 Å². The molecule has 0 spiro atoms. The van der Waals surface area contributed by atoms with E-state index >= 15 is 0 Å². The van der Waals surface area contributed by atoms with Gasteiger partial charge in [0.1, 0.15) is 28.7 Å². The van der Waals surface area contributed by atoms with E-state index in [1.807, 2.05) is 0 Å². The molecule has 186 valence electrons. The van der Waals surface area contributed by atoms with Crippen molar-refractivity contribution in [3.8, 4) is 0 Å². The minimum Gasteiger partial charge on any atom is -0.477 e. The number of aliphatic hydroxyl groups excluding tert-OH is 1. The number of aromatic amines is 1. The van der Waals surface area contributed by atoms with Gasteiger partial charge in [-0.15, -0.1) is 16.9 Å². The van der Waals surface area contributed by atoms with Gasteiger partial charge in [-0.1, -0.05) is 42.1 Å². The molecule has 2 amide bonds. The molecule has 35 heavy (non-hydrogen) atoms. The molecular weight excluding hydrogens is 522 g/mol. The van der Waals surface area contributed by atoms with Crippen molar-refractivity contribution < 1.29 is 37.6 Å². The summed E-state index contributed by atoms with van der Waals surface area (Å²) < 4.78 is 30.8. The number of carbonyl (C=O) groups excluding carboxylic acids is 2. The highest BCUT2D eigenvalue weighted by atomic mass is 32.2. The molecule has 3 atom stereocenters. The summed E-state index contributed by atoms with van der Waals surface area (Å²) in [7, 11) is -4.29. The molecule has 13 nitrogen and oxygen atoms in total. The number of carboxylic acids is 1. The molecule has 2 aliphatic rings. The molecule has 2 aromatic rings. The van der Waals surface area contributed by atoms with Crippen LogP contribution in [0.3, 0.4) is 0 Å². The van der Waals surface area contributed by atoms with E-state index in [2.05, 4.69) is 20.5 Å². The van der Waals surface area contributed by atoms with Gasteiger partial charge in [-0.3, -0.25) is 24.1 Å². The summed E-state index contributed by atoms with van der Waals surface area (Å²) in [6.45, 7) is 0. The Kier molecular flexibility index (Phi) is 7.18. The molecule has 0 aliphatic carbocycles. The maximum atomic E-state index is 12.8. The SMILES string of the molecule is O=C(O)C1=C(CSc2n[nH]c(CS(=O)(=O)O)n2)CS[C@@H]2C(NC(=O)[C@H](O)c3ccccc3)C(=O)N12. The van der Waals surface area contributed by atoms with Crippen LogP contribution in [-0.2, 0) is 30.3 Å². The summed E-state index contributed by atoms with van der Waals surface area (Å²) >= 11 is 2.30. The predicted octanol–water partition coefficient (Wildman–Crippen LogP) is -0.243. The summed E-state index contributed by atoms with van der Waals surface area (Å²) in [4.78, 5) is 42.2. The molecule has 1 fully saturated rings. The van der Waals surface area contributed by atoms with Gasteiger partial charge in [0.2, 0.25) is 5.16 Å². The fraction of sp³-hybridized carbons (Fsp3) is 0.316. The van der Waals surface area contributed by atoms with E-state index < -0.39 is 51.2 Å². The van der Waals surface area contributed by atoms with Crippen molar-refractivity contribution in [1.29, 1.82) is 0 Å². The van der Waals surface area contributed by atoms with E-state index in [0.29, 0.717) is 11.1 Å². The quantitative estimate of drug-likeness (QED) is 0.159. The van der Waals surface area contributed by atoms with Crippen molar-refractivity contribution in [3.63, 3.8) is 0 Å². The number of hydrogen-bond acceptors (Lipinski definition) is 10. The molecule has 1 aromatic heterocycles. The molecule has 4 rings (SSSR count). The molecule has 16 heteroatoms. The van der Waals surface area contributed by atoms with Gasteiger partial charge in [0.05, 0.1) is 0 Å². The Balaban J connectivity index is 1.43. The van der Waals surface area contributed by atoms with E-state index in [1.54, 1.807) is 30.3 Å². The number of thioether (sulfide) groups is 2. The molecular formula is C19H19N5O8S3. The van der Waals surface area contributed by atoms with Crippen LogP contribution < -0.4 is 5.32 Å². The highest BCUT2D eigenvalue weighted by molar-refractivity contribution is 8.01. The third kappa shape index (κ3) is 5.51. The zero-order valence-electron chi connectivity index (χ0n) is 17.7. The lowest BCUT2D eigenvalue weighted by Crippen LogP contribution is -2.70. The molecule has 0 radical (unpaired) electrons. The highest BCUT2D eigenvalue weighted by Gasteiger charge is 2.54. The third-order valence-corrected chi connectivity index (χ3v) is 8.03. The third-order valence-electron chi connectivity index (χ3n) is 5.12. The van der Waals surface area contributed by atoms with Gasteiger partial charge in [0.15, 0.2) is 6.10 Å². The Morgan fingerprint density at radius 1 is 1.31 bits per heavy atom. The van der Waals surface area contributed by atoms with Crippen LogP contribution in [0.25, 0.3) is 0 Å². The zero-order valence-corrected chi connectivity index (χ0v) is 20.1. The summed E-state index contributed by atoms with van der Waals surface area (Å²) in [5.41, 5.74) is 0.587. The number of nitrogens with zero attached hydrogens (tertiary/aromatic N) is 3. The van der Waals surface area contributed by atoms with Gasteiger partial charge < -0.3 is 15.5 Å². The van der Waals surface area contributed by atoms with Crippen LogP contribution in [0.5, 0.6) is 0 Å². The first-order valence-corrected chi connectivity index (χ1v) is 13.6. The number of amides is 2. The van der Waals surface area contributed by atoms with Gasteiger partial charge in [-0.05, 0) is 11.1 Å². The number of H-pyrrole nitrogens is 1. The molecule has 0 saturated carbocycles. The zero-order chi connectivity index (χ0) is 25.3. The first-order chi connectivity index (χ1) is 16.5. The number of rotatable bonds is 9. The number of aliphatic hydroxyl groups is 1. The lowest BCUT2D eigenvalue weighted by molar-refractivity contribution is -0.151. The van der Waals surface area contributed by atoms with Gasteiger partial charge in [-0.25, -0.2) is 9.78 Å². The molecule has 1 saturated heterocycles. The standard InChI is InChI=1S/C19H19N5O8S3/c25-14(9-4-2-1-3-5-9)15(26)21-12-16(27)24-13(18(28)29)10(6-33-17(12)24)7-34-19-20-11(22-23-19)8-35(30,31)32/h1-5,12,14,17,25H,6-8H2,(H,21,26)(H,28,29)(H,20,22,23)(H,30,31,32)/t12?,14-,17-/m1/s1. The van der Waals surface area contributed by atoms with Crippen molar-refractivity contribution in [2.75, 3.05) is 11.5 Å². The lowest BCUT2D eigenvalue weighted by Gasteiger charge is -2.49. The molecule has 3 heterocycles. The molecule has 2 aliphatic heterocycles. The molecule has 5 N–H and O–H groups in total. The van der Waals surface area contributed by atoms with Crippen LogP contribution in [-0.4, -0.2) is 84.0 Å². The number of β-lactam (4-membered cyclic amide) rings is 1. The minimum absolute atomic E-state index is 0.0743. The second-order valence-corrected chi connectivity index (χ2v) is 11.0. The number of hydrogen-bond donors (Lipinski definition) is 5. The number of fused-ring (bicyclic) bond motifs is 1. The number of carboxylic acid groups (broad SMARTS) is 1. The monoisotopic (exact) mass is 541 g/mol. The van der Waals surface area contributed by atoms with E-state index in [1.165, 1.54) is 11.8 Å². The predicted molar refractivity (Wildman–Crippen MR) is 123 cm³/mol. The van der Waals surface area contributed by atoms with E-state index in [9.17, 15) is 33.0 Å². The largest absolute Gasteiger partial charge is 0.477 e. The Bertz CT molecular complexity index is 1300. The van der Waals surface area contributed by atoms with Crippen molar-refractivity contribution in [2.24, 2.45) is 0 Å². The van der Waals surface area contributed by atoms with Crippen LogP contribution >= 0.6 is 23.5 Å². The fourth-order valence-corrected chi connectivity index (χ4v) is 6.32. The van der Waals surface area contributed by atoms with E-state index in [4.69, 9.17) is 4.55 Å². The van der Waals surface area contributed by atoms with Crippen molar-refractivity contribution in [1.82, 2.24) is 25.4 Å². The first kappa shape index (κ1) is 25.2. The normalized spacial score (nSPS) is 20.7. The van der Waals surface area contributed by atoms with Crippen LogP contribution in [0, 0.1) is 0 Å². The van der Waals surface area contributed by atoms with Crippen LogP contribution in [0.15, 0.2) is 46.8 Å². The van der Waals surface area contributed by atoms with Crippen molar-refractivity contribution in [3.05, 3.63) is 53.0 Å². The summed E-state index contributed by atoms with van der Waals surface area (Å²) in [5.74, 6) is -3.14. The topological polar surface area (TPSA) is 203 Å².